The van der Waals surface area contributed by atoms with Gasteiger partial charge in [0.05, 0.1) is 6.54 Å². The molecular formula is C21H23ClN2O4. The number of nitrogens with zero attached hydrogens (tertiary/aromatic N) is 2. The van der Waals surface area contributed by atoms with Crippen molar-refractivity contribution in [1.29, 1.82) is 0 Å². The van der Waals surface area contributed by atoms with Crippen LogP contribution in [0, 0.1) is 0 Å². The number of hydrogen-bond donors (Lipinski definition) is 1. The van der Waals surface area contributed by atoms with Gasteiger partial charge in [0.25, 0.3) is 0 Å². The third kappa shape index (κ3) is 3.98. The number of benzene rings is 2. The lowest BCUT2D eigenvalue weighted by molar-refractivity contribution is -0.138. The molecule has 4 rings (SSSR count). The average molecular weight is 403 g/mol. The number of aliphatic carboxylic acids is 1. The molecule has 148 valence electrons. The zero-order valence-corrected chi connectivity index (χ0v) is 16.2. The molecule has 2 aromatic rings. The molecule has 0 radical (unpaired) electrons. The van der Waals surface area contributed by atoms with Gasteiger partial charge in [-0.1, -0.05) is 48.5 Å². The van der Waals surface area contributed by atoms with E-state index in [9.17, 15) is 9.59 Å². The van der Waals surface area contributed by atoms with Crippen LogP contribution in [0.15, 0.2) is 48.5 Å². The fourth-order valence-electron chi connectivity index (χ4n) is 3.97. The first-order chi connectivity index (χ1) is 13.1. The molecular weight excluding hydrogens is 380 g/mol. The Bertz CT molecular complexity index is 819. The summed E-state index contributed by atoms with van der Waals surface area (Å²) in [6, 6.07) is 16.5. The molecule has 1 fully saturated rings. The summed E-state index contributed by atoms with van der Waals surface area (Å²) in [7, 11) is 0. The molecule has 28 heavy (non-hydrogen) atoms. The SMILES string of the molecule is Cl.O=C(O)CN1CCN(C(=O)OCC2c3ccccc3-c3ccccc32)CC1. The first kappa shape index (κ1) is 20.2. The minimum Gasteiger partial charge on any atom is -0.480 e. The Labute approximate surface area is 170 Å². The molecule has 1 heterocycles. The smallest absolute Gasteiger partial charge is 0.409 e. The lowest BCUT2D eigenvalue weighted by Gasteiger charge is -2.33. The van der Waals surface area contributed by atoms with Gasteiger partial charge in [0, 0.05) is 32.1 Å². The quantitative estimate of drug-likeness (QED) is 0.851. The Morgan fingerprint density at radius 1 is 0.929 bits per heavy atom. The van der Waals surface area contributed by atoms with Crippen molar-refractivity contribution in [1.82, 2.24) is 9.80 Å². The van der Waals surface area contributed by atoms with Crippen LogP contribution in [0.5, 0.6) is 0 Å². The van der Waals surface area contributed by atoms with Gasteiger partial charge < -0.3 is 14.7 Å². The van der Waals surface area contributed by atoms with Crippen molar-refractivity contribution >= 4 is 24.5 Å². The number of fused-ring (bicyclic) bond motifs is 3. The second-order valence-electron chi connectivity index (χ2n) is 6.96. The number of piperazine rings is 1. The Morgan fingerprint density at radius 2 is 1.46 bits per heavy atom. The van der Waals surface area contributed by atoms with Crippen LogP contribution < -0.4 is 0 Å². The van der Waals surface area contributed by atoms with Crippen LogP contribution in [-0.4, -0.2) is 66.3 Å². The van der Waals surface area contributed by atoms with Gasteiger partial charge in [-0.05, 0) is 22.3 Å². The van der Waals surface area contributed by atoms with Crippen molar-refractivity contribution in [3.05, 3.63) is 59.7 Å². The van der Waals surface area contributed by atoms with Crippen molar-refractivity contribution in [2.24, 2.45) is 0 Å². The van der Waals surface area contributed by atoms with Gasteiger partial charge in [-0.2, -0.15) is 0 Å². The number of amides is 1. The lowest BCUT2D eigenvalue weighted by Crippen LogP contribution is -2.50. The normalized spacial score (nSPS) is 16.1. The molecule has 0 bridgehead atoms. The molecule has 0 aromatic heterocycles. The van der Waals surface area contributed by atoms with Crippen LogP contribution in [0.1, 0.15) is 17.0 Å². The third-order valence-electron chi connectivity index (χ3n) is 5.33. The van der Waals surface area contributed by atoms with Crippen molar-refractivity contribution < 1.29 is 19.4 Å². The zero-order valence-electron chi connectivity index (χ0n) is 15.4. The molecule has 1 saturated heterocycles. The number of ether oxygens (including phenoxy) is 1. The molecule has 0 spiro atoms. The first-order valence-electron chi connectivity index (χ1n) is 9.17. The molecule has 1 N–H and O–H groups in total. The molecule has 6 nitrogen and oxygen atoms in total. The lowest BCUT2D eigenvalue weighted by atomic mass is 9.98. The second-order valence-corrected chi connectivity index (χ2v) is 6.96. The fourth-order valence-corrected chi connectivity index (χ4v) is 3.97. The van der Waals surface area contributed by atoms with Crippen LogP contribution >= 0.6 is 12.4 Å². The highest BCUT2D eigenvalue weighted by atomic mass is 35.5. The summed E-state index contributed by atoms with van der Waals surface area (Å²) in [4.78, 5) is 26.8. The number of carboxylic acid groups (broad SMARTS) is 1. The summed E-state index contributed by atoms with van der Waals surface area (Å²) in [5.74, 6) is -0.792. The summed E-state index contributed by atoms with van der Waals surface area (Å²) in [5.41, 5.74) is 4.79. The predicted molar refractivity (Wildman–Crippen MR) is 108 cm³/mol. The summed E-state index contributed by atoms with van der Waals surface area (Å²) < 4.78 is 5.65. The van der Waals surface area contributed by atoms with Crippen molar-refractivity contribution in [2.75, 3.05) is 39.3 Å². The van der Waals surface area contributed by atoms with Crippen LogP contribution in [0.25, 0.3) is 11.1 Å². The number of hydrogen-bond acceptors (Lipinski definition) is 4. The largest absolute Gasteiger partial charge is 0.480 e. The van der Waals surface area contributed by atoms with Gasteiger partial charge in [-0.15, -0.1) is 12.4 Å². The molecule has 7 heteroatoms. The van der Waals surface area contributed by atoms with E-state index in [1.54, 1.807) is 4.90 Å². The molecule has 0 unspecified atom stereocenters. The van der Waals surface area contributed by atoms with E-state index in [4.69, 9.17) is 9.84 Å². The van der Waals surface area contributed by atoms with Crippen LogP contribution in [0.4, 0.5) is 4.79 Å². The van der Waals surface area contributed by atoms with Gasteiger partial charge in [0.15, 0.2) is 0 Å². The highest BCUT2D eigenvalue weighted by Crippen LogP contribution is 2.44. The maximum absolute atomic E-state index is 12.5. The van der Waals surface area contributed by atoms with Crippen LogP contribution in [0.2, 0.25) is 0 Å². The van der Waals surface area contributed by atoms with Crippen LogP contribution in [0.3, 0.4) is 0 Å². The molecule has 0 saturated carbocycles. The van der Waals surface area contributed by atoms with E-state index in [-0.39, 0.29) is 31.0 Å². The van der Waals surface area contributed by atoms with E-state index in [2.05, 4.69) is 24.3 Å². The number of rotatable bonds is 4. The van der Waals surface area contributed by atoms with Crippen molar-refractivity contribution in [2.45, 2.75) is 5.92 Å². The molecule has 1 amide bonds. The fraction of sp³-hybridized carbons (Fsp3) is 0.333. The van der Waals surface area contributed by atoms with Gasteiger partial charge in [-0.3, -0.25) is 9.69 Å². The van der Waals surface area contributed by atoms with E-state index in [0.29, 0.717) is 32.8 Å². The van der Waals surface area contributed by atoms with Crippen molar-refractivity contribution in [3.8, 4) is 11.1 Å². The monoisotopic (exact) mass is 402 g/mol. The second kappa shape index (κ2) is 8.63. The summed E-state index contributed by atoms with van der Waals surface area (Å²) in [6.07, 6.45) is -0.327. The van der Waals surface area contributed by atoms with E-state index < -0.39 is 5.97 Å². The van der Waals surface area contributed by atoms with Crippen molar-refractivity contribution in [3.63, 3.8) is 0 Å². The predicted octanol–water partition coefficient (Wildman–Crippen LogP) is 3.06. The number of carboxylic acids is 1. The first-order valence-corrected chi connectivity index (χ1v) is 9.17. The van der Waals surface area contributed by atoms with Gasteiger partial charge >= 0.3 is 12.1 Å². The van der Waals surface area contributed by atoms with Gasteiger partial charge in [0.1, 0.15) is 6.61 Å². The third-order valence-corrected chi connectivity index (χ3v) is 5.33. The van der Waals surface area contributed by atoms with E-state index >= 15 is 0 Å². The average Bonchev–Trinajstić information content (AvgIpc) is 3.00. The van der Waals surface area contributed by atoms with Crippen LogP contribution in [-0.2, 0) is 9.53 Å². The Kier molecular flexibility index (Phi) is 6.21. The molecule has 1 aliphatic carbocycles. The molecule has 0 atom stereocenters. The standard InChI is InChI=1S/C21H22N2O4.ClH/c24-20(25)13-22-9-11-23(12-10-22)21(26)27-14-19-17-7-3-1-5-15(17)16-6-2-4-8-18(16)19;/h1-8,19H,9-14H2,(H,24,25);1H. The highest BCUT2D eigenvalue weighted by molar-refractivity contribution is 5.85. The molecule has 2 aromatic carbocycles. The Balaban J connectivity index is 0.00000225. The van der Waals surface area contributed by atoms with E-state index in [0.717, 1.165) is 0 Å². The number of carbonyl (C=O) groups is 2. The minimum absolute atomic E-state index is 0. The Hall–Kier alpha value is -2.57. The van der Waals surface area contributed by atoms with Gasteiger partial charge in [0.2, 0.25) is 0 Å². The minimum atomic E-state index is -0.843. The maximum Gasteiger partial charge on any atom is 0.409 e. The summed E-state index contributed by atoms with van der Waals surface area (Å²) in [6.45, 7) is 2.40. The topological polar surface area (TPSA) is 70.1 Å². The van der Waals surface area contributed by atoms with E-state index in [1.807, 2.05) is 29.2 Å². The molecule has 2 aliphatic rings. The maximum atomic E-state index is 12.5. The zero-order chi connectivity index (χ0) is 18.8. The Morgan fingerprint density at radius 3 is 2.00 bits per heavy atom. The van der Waals surface area contributed by atoms with E-state index in [1.165, 1.54) is 22.3 Å². The molecule has 1 aliphatic heterocycles. The summed E-state index contributed by atoms with van der Waals surface area (Å²) in [5, 5.41) is 8.86. The number of carbonyl (C=O) groups excluding carboxylic acids is 1. The summed E-state index contributed by atoms with van der Waals surface area (Å²) >= 11 is 0. The number of halogens is 1. The van der Waals surface area contributed by atoms with Gasteiger partial charge in [-0.25, -0.2) is 4.79 Å². The highest BCUT2D eigenvalue weighted by Gasteiger charge is 2.30.